The third-order valence-corrected chi connectivity index (χ3v) is 2.78. The molecule has 0 amide bonds. The second kappa shape index (κ2) is 5.09. The summed E-state index contributed by atoms with van der Waals surface area (Å²) >= 11 is 0. The van der Waals surface area contributed by atoms with Gasteiger partial charge in [-0.25, -0.2) is 0 Å². The van der Waals surface area contributed by atoms with Gasteiger partial charge in [0.05, 0.1) is 12.9 Å². The van der Waals surface area contributed by atoms with Crippen molar-refractivity contribution >= 4 is 12.0 Å². The minimum absolute atomic E-state index is 0.0775. The summed E-state index contributed by atoms with van der Waals surface area (Å²) in [5, 5.41) is 8.82. The summed E-state index contributed by atoms with van der Waals surface area (Å²) < 4.78 is 0. The molecule has 1 heterocycles. The molecule has 1 aliphatic rings. The highest BCUT2D eigenvalue weighted by Crippen LogP contribution is 2.19. The molecule has 1 unspecified atom stereocenters. The Morgan fingerprint density at radius 3 is 2.69 bits per heavy atom. The average Bonchev–Trinajstić information content (AvgIpc) is 2.83. The van der Waals surface area contributed by atoms with Crippen molar-refractivity contribution in [3.8, 4) is 0 Å². The lowest BCUT2D eigenvalue weighted by molar-refractivity contribution is 0.276. The van der Waals surface area contributed by atoms with Crippen molar-refractivity contribution in [1.82, 2.24) is 0 Å². The maximum absolute atomic E-state index is 8.82. The summed E-state index contributed by atoms with van der Waals surface area (Å²) in [4.78, 5) is 6.28. The molecule has 1 atom stereocenters. The van der Waals surface area contributed by atoms with Crippen LogP contribution >= 0.6 is 0 Å². The lowest BCUT2D eigenvalue weighted by Crippen LogP contribution is -2.18. The monoisotopic (exact) mass is 219 g/mol. The highest BCUT2D eigenvalue weighted by molar-refractivity contribution is 5.80. The molecule has 3 N–H and O–H groups in total. The minimum atomic E-state index is -0.0775. The molecule has 4 nitrogen and oxygen atoms in total. The summed E-state index contributed by atoms with van der Waals surface area (Å²) in [5.74, 6) is 0. The third kappa shape index (κ3) is 2.40. The molecule has 0 aromatic heterocycles. The van der Waals surface area contributed by atoms with Gasteiger partial charge in [-0.15, -0.1) is 0 Å². The Morgan fingerprint density at radius 1 is 1.38 bits per heavy atom. The molecule has 0 saturated heterocycles. The first-order valence-electron chi connectivity index (χ1n) is 5.54. The number of nitrogens with zero attached hydrogens (tertiary/aromatic N) is 2. The molecule has 0 radical (unpaired) electrons. The van der Waals surface area contributed by atoms with Crippen LogP contribution < -0.4 is 10.6 Å². The number of aliphatic hydroxyl groups excluding tert-OH is 1. The predicted octanol–water partition coefficient (Wildman–Crippen LogP) is 0.917. The van der Waals surface area contributed by atoms with E-state index in [1.165, 1.54) is 0 Å². The summed E-state index contributed by atoms with van der Waals surface area (Å²) in [7, 11) is 0. The molecule has 2 rings (SSSR count). The Morgan fingerprint density at radius 2 is 2.12 bits per heavy atom. The van der Waals surface area contributed by atoms with E-state index in [1.54, 1.807) is 0 Å². The molecule has 0 saturated carbocycles. The SMILES string of the molecule is NC(CCO)c1ccc(N2C=NCC2)cc1. The van der Waals surface area contributed by atoms with E-state index in [2.05, 4.69) is 9.89 Å². The Labute approximate surface area is 95.4 Å². The lowest BCUT2D eigenvalue weighted by Gasteiger charge is -2.16. The number of hydrogen-bond donors (Lipinski definition) is 2. The zero-order valence-electron chi connectivity index (χ0n) is 9.21. The maximum atomic E-state index is 8.82. The van der Waals surface area contributed by atoms with Gasteiger partial charge >= 0.3 is 0 Å². The van der Waals surface area contributed by atoms with Crippen molar-refractivity contribution in [1.29, 1.82) is 0 Å². The second-order valence-corrected chi connectivity index (χ2v) is 3.93. The van der Waals surface area contributed by atoms with Crippen LogP contribution in [0.15, 0.2) is 29.3 Å². The highest BCUT2D eigenvalue weighted by Gasteiger charge is 2.09. The maximum Gasteiger partial charge on any atom is 0.0895 e. The first kappa shape index (κ1) is 11.1. The van der Waals surface area contributed by atoms with Gasteiger partial charge in [0.2, 0.25) is 0 Å². The van der Waals surface area contributed by atoms with Crippen molar-refractivity contribution in [3.05, 3.63) is 29.8 Å². The molecule has 1 aliphatic heterocycles. The number of hydrogen-bond acceptors (Lipinski definition) is 4. The molecule has 1 aromatic carbocycles. The van der Waals surface area contributed by atoms with Crippen LogP contribution in [0.3, 0.4) is 0 Å². The Hall–Kier alpha value is -1.39. The number of aliphatic hydroxyl groups is 1. The van der Waals surface area contributed by atoms with E-state index >= 15 is 0 Å². The molecule has 1 aromatic rings. The first-order chi connectivity index (χ1) is 7.81. The molecule has 4 heteroatoms. The zero-order chi connectivity index (χ0) is 11.4. The van der Waals surface area contributed by atoms with Gasteiger partial charge < -0.3 is 15.7 Å². The predicted molar refractivity (Wildman–Crippen MR) is 65.8 cm³/mol. The van der Waals surface area contributed by atoms with Crippen LogP contribution in [0, 0.1) is 0 Å². The van der Waals surface area contributed by atoms with Gasteiger partial charge in [0.1, 0.15) is 0 Å². The van der Waals surface area contributed by atoms with Gasteiger partial charge in [0.15, 0.2) is 0 Å². The van der Waals surface area contributed by atoms with E-state index < -0.39 is 0 Å². The van der Waals surface area contributed by atoms with E-state index in [-0.39, 0.29) is 12.6 Å². The van der Waals surface area contributed by atoms with Gasteiger partial charge in [0, 0.05) is 24.9 Å². The van der Waals surface area contributed by atoms with Crippen molar-refractivity contribution in [2.45, 2.75) is 12.5 Å². The van der Waals surface area contributed by atoms with Crippen molar-refractivity contribution in [2.75, 3.05) is 24.6 Å². The van der Waals surface area contributed by atoms with E-state index in [9.17, 15) is 0 Å². The van der Waals surface area contributed by atoms with Crippen LogP contribution in [0.2, 0.25) is 0 Å². The summed E-state index contributed by atoms with van der Waals surface area (Å²) in [6, 6.07) is 8.04. The fraction of sp³-hybridized carbons (Fsp3) is 0.417. The Kier molecular flexibility index (Phi) is 3.54. The fourth-order valence-corrected chi connectivity index (χ4v) is 1.79. The lowest BCUT2D eigenvalue weighted by atomic mass is 10.0. The van der Waals surface area contributed by atoms with Crippen LogP contribution in [-0.4, -0.2) is 31.1 Å². The summed E-state index contributed by atoms with van der Waals surface area (Å²) in [5.41, 5.74) is 8.11. The molecule has 0 aliphatic carbocycles. The number of nitrogens with two attached hydrogens (primary N) is 1. The quantitative estimate of drug-likeness (QED) is 0.791. The van der Waals surface area contributed by atoms with Crippen LogP contribution in [0.1, 0.15) is 18.0 Å². The van der Waals surface area contributed by atoms with Gasteiger partial charge in [-0.2, -0.15) is 0 Å². The molecule has 0 spiro atoms. The van der Waals surface area contributed by atoms with Gasteiger partial charge in [-0.1, -0.05) is 12.1 Å². The van der Waals surface area contributed by atoms with E-state index in [4.69, 9.17) is 10.8 Å². The van der Waals surface area contributed by atoms with E-state index in [1.807, 2.05) is 30.6 Å². The molecule has 0 fully saturated rings. The Balaban J connectivity index is 2.06. The smallest absolute Gasteiger partial charge is 0.0895 e. The molecule has 16 heavy (non-hydrogen) atoms. The third-order valence-electron chi connectivity index (χ3n) is 2.78. The molecular weight excluding hydrogens is 202 g/mol. The van der Waals surface area contributed by atoms with Crippen molar-refractivity contribution < 1.29 is 5.11 Å². The van der Waals surface area contributed by atoms with Crippen LogP contribution in [-0.2, 0) is 0 Å². The summed E-state index contributed by atoms with van der Waals surface area (Å²) in [6.07, 6.45) is 2.47. The van der Waals surface area contributed by atoms with Crippen LogP contribution in [0.5, 0.6) is 0 Å². The minimum Gasteiger partial charge on any atom is -0.396 e. The average molecular weight is 219 g/mol. The molecule has 86 valence electrons. The number of rotatable bonds is 4. The van der Waals surface area contributed by atoms with Gasteiger partial charge in [0.25, 0.3) is 0 Å². The summed E-state index contributed by atoms with van der Waals surface area (Å²) in [6.45, 7) is 1.94. The highest BCUT2D eigenvalue weighted by atomic mass is 16.3. The number of anilines is 1. The van der Waals surface area contributed by atoms with Gasteiger partial charge in [-0.05, 0) is 24.1 Å². The largest absolute Gasteiger partial charge is 0.396 e. The molecular formula is C12H17N3O. The number of aliphatic imine (C=N–C) groups is 1. The molecule has 0 bridgehead atoms. The van der Waals surface area contributed by atoms with Crippen LogP contribution in [0.25, 0.3) is 0 Å². The van der Waals surface area contributed by atoms with Gasteiger partial charge in [-0.3, -0.25) is 4.99 Å². The van der Waals surface area contributed by atoms with E-state index in [0.29, 0.717) is 6.42 Å². The van der Waals surface area contributed by atoms with E-state index in [0.717, 1.165) is 24.3 Å². The Bertz CT molecular complexity index is 361. The number of benzene rings is 1. The van der Waals surface area contributed by atoms with Crippen molar-refractivity contribution in [2.24, 2.45) is 10.7 Å². The zero-order valence-corrected chi connectivity index (χ0v) is 9.21. The fourth-order valence-electron chi connectivity index (χ4n) is 1.79. The second-order valence-electron chi connectivity index (χ2n) is 3.93. The topological polar surface area (TPSA) is 61.9 Å². The normalized spacial score (nSPS) is 16.8. The van der Waals surface area contributed by atoms with Crippen molar-refractivity contribution in [3.63, 3.8) is 0 Å². The van der Waals surface area contributed by atoms with Crippen LogP contribution in [0.4, 0.5) is 5.69 Å². The standard InChI is InChI=1S/C12H17N3O/c13-12(5-8-16)10-1-3-11(4-2-10)15-7-6-14-9-15/h1-4,9,12,16H,5-8,13H2. The first-order valence-corrected chi connectivity index (χ1v) is 5.54.